The van der Waals surface area contributed by atoms with Crippen molar-refractivity contribution in [2.45, 2.75) is 57.4 Å². The minimum atomic E-state index is -5.05. The Bertz CT molecular complexity index is 729. The quantitative estimate of drug-likeness (QED) is 0.469. The number of ketones is 1. The maximum atomic E-state index is 14.1. The molecule has 160 valence electrons. The lowest BCUT2D eigenvalue weighted by atomic mass is 9.79. The molecule has 0 aliphatic heterocycles. The number of halogens is 3. The smallest absolute Gasteiger partial charge is 0.432 e. The summed E-state index contributed by atoms with van der Waals surface area (Å²) in [5, 5.41) is 0. The molecule has 0 heterocycles. The van der Waals surface area contributed by atoms with Crippen LogP contribution >= 0.6 is 0 Å². The minimum absolute atomic E-state index is 0.0832. The molecule has 0 saturated heterocycles. The van der Waals surface area contributed by atoms with E-state index in [2.05, 4.69) is 0 Å². The molecule has 1 aliphatic carbocycles. The van der Waals surface area contributed by atoms with Crippen LogP contribution in [0.5, 0.6) is 0 Å². The van der Waals surface area contributed by atoms with Crippen LogP contribution in [0.4, 0.5) is 13.2 Å². The molecule has 0 amide bonds. The number of hydrogen-bond donors (Lipinski definition) is 0. The van der Waals surface area contributed by atoms with Crippen LogP contribution in [0, 0.1) is 11.8 Å². The number of Topliss-reactive ketones (excluding diaryl/α,β-unsaturated/α-hetero) is 1. The zero-order valence-electron chi connectivity index (χ0n) is 16.9. The number of rotatable bonds is 7. The van der Waals surface area contributed by atoms with Crippen LogP contribution in [0.15, 0.2) is 42.5 Å². The zero-order chi connectivity index (χ0) is 21.7. The first kappa shape index (κ1) is 23.1. The molecule has 0 aromatic heterocycles. The average molecular weight is 412 g/mol. The molecule has 4 atom stereocenters. The number of alkyl halides is 3. The van der Waals surface area contributed by atoms with Crippen molar-refractivity contribution in [3.63, 3.8) is 0 Å². The fraction of sp³-hybridized carbons (Fsp3) is 0.545. The Balaban J connectivity index is 2.46. The molecule has 4 nitrogen and oxygen atoms in total. The van der Waals surface area contributed by atoms with Crippen molar-refractivity contribution in [3.05, 3.63) is 48.0 Å². The Kier molecular flexibility index (Phi) is 7.63. The van der Waals surface area contributed by atoms with Crippen molar-refractivity contribution in [1.29, 1.82) is 0 Å². The fourth-order valence-corrected chi connectivity index (χ4v) is 3.92. The predicted molar refractivity (Wildman–Crippen MR) is 102 cm³/mol. The molecule has 29 heavy (non-hydrogen) atoms. The second-order valence-corrected chi connectivity index (χ2v) is 7.32. The van der Waals surface area contributed by atoms with Crippen molar-refractivity contribution >= 4 is 11.8 Å². The maximum absolute atomic E-state index is 14.1. The van der Waals surface area contributed by atoms with Gasteiger partial charge in [0.1, 0.15) is 11.9 Å². The minimum Gasteiger partial charge on any atom is -0.458 e. The summed E-state index contributed by atoms with van der Waals surface area (Å²) in [6.07, 6.45) is -0.265. The van der Waals surface area contributed by atoms with E-state index in [1.54, 1.807) is 32.1 Å². The SMILES string of the molecule is C/C=C/[C@H](C)[C@H](OC(=O)C(OC)(c1ccccc1)C(F)(F)F)C1CCCCC1=O. The van der Waals surface area contributed by atoms with Crippen molar-refractivity contribution in [2.24, 2.45) is 11.8 Å². The van der Waals surface area contributed by atoms with Gasteiger partial charge in [0.15, 0.2) is 0 Å². The molecule has 2 rings (SSSR count). The summed E-state index contributed by atoms with van der Waals surface area (Å²) in [4.78, 5) is 25.5. The fourth-order valence-electron chi connectivity index (χ4n) is 3.92. The molecule has 0 N–H and O–H groups in total. The first-order valence-corrected chi connectivity index (χ1v) is 9.73. The Labute approximate surface area is 169 Å². The van der Waals surface area contributed by atoms with Gasteiger partial charge in [0.25, 0.3) is 5.60 Å². The third-order valence-electron chi connectivity index (χ3n) is 5.43. The molecule has 0 spiro atoms. The number of benzene rings is 1. The zero-order valence-corrected chi connectivity index (χ0v) is 16.9. The van der Waals surface area contributed by atoms with E-state index < -0.39 is 35.7 Å². The van der Waals surface area contributed by atoms with Crippen LogP contribution in [0.1, 0.15) is 45.1 Å². The summed E-state index contributed by atoms with van der Waals surface area (Å²) in [7, 11) is 0.831. The van der Waals surface area contributed by atoms with E-state index in [-0.39, 0.29) is 11.3 Å². The van der Waals surface area contributed by atoms with Gasteiger partial charge in [-0.05, 0) is 19.8 Å². The van der Waals surface area contributed by atoms with Gasteiger partial charge in [-0.15, -0.1) is 0 Å². The lowest BCUT2D eigenvalue weighted by Gasteiger charge is -2.37. The molecule has 1 fully saturated rings. The van der Waals surface area contributed by atoms with Gasteiger partial charge in [-0.25, -0.2) is 4.79 Å². The molecular weight excluding hydrogens is 385 g/mol. The van der Waals surface area contributed by atoms with Gasteiger partial charge in [0.05, 0.1) is 5.92 Å². The molecule has 2 unspecified atom stereocenters. The summed E-state index contributed by atoms with van der Waals surface area (Å²) < 4.78 is 52.6. The molecule has 0 bridgehead atoms. The van der Waals surface area contributed by atoms with Crippen molar-refractivity contribution < 1.29 is 32.2 Å². The highest BCUT2D eigenvalue weighted by Gasteiger charge is 2.64. The first-order chi connectivity index (χ1) is 13.7. The monoisotopic (exact) mass is 412 g/mol. The van der Waals surface area contributed by atoms with E-state index in [9.17, 15) is 22.8 Å². The predicted octanol–water partition coefficient (Wildman–Crippen LogP) is 4.97. The Hall–Kier alpha value is -2.15. The number of hydrogen-bond acceptors (Lipinski definition) is 4. The summed E-state index contributed by atoms with van der Waals surface area (Å²) in [6.45, 7) is 3.49. The number of allylic oxidation sites excluding steroid dienone is 1. The van der Waals surface area contributed by atoms with E-state index in [1.165, 1.54) is 24.3 Å². The van der Waals surface area contributed by atoms with Crippen LogP contribution in [-0.2, 0) is 24.7 Å². The number of ether oxygens (including phenoxy) is 2. The number of carbonyl (C=O) groups is 2. The number of methoxy groups -OCH3 is 1. The molecule has 1 aliphatic rings. The van der Waals surface area contributed by atoms with Crippen LogP contribution in [0.2, 0.25) is 0 Å². The lowest BCUT2D eigenvalue weighted by molar-refractivity contribution is -0.279. The van der Waals surface area contributed by atoms with Crippen molar-refractivity contribution in [3.8, 4) is 0 Å². The first-order valence-electron chi connectivity index (χ1n) is 9.73. The van der Waals surface area contributed by atoms with Crippen molar-refractivity contribution in [1.82, 2.24) is 0 Å². The van der Waals surface area contributed by atoms with Gasteiger partial charge >= 0.3 is 12.1 Å². The lowest BCUT2D eigenvalue weighted by Crippen LogP contribution is -2.54. The van der Waals surface area contributed by atoms with Gasteiger partial charge in [-0.3, -0.25) is 4.79 Å². The van der Waals surface area contributed by atoms with Crippen LogP contribution in [-0.4, -0.2) is 31.1 Å². The molecular formula is C22H27F3O4. The Morgan fingerprint density at radius 1 is 1.21 bits per heavy atom. The van der Waals surface area contributed by atoms with Gasteiger partial charge in [0.2, 0.25) is 0 Å². The second-order valence-electron chi connectivity index (χ2n) is 7.32. The highest BCUT2D eigenvalue weighted by atomic mass is 19.4. The summed E-state index contributed by atoms with van der Waals surface area (Å²) in [5.74, 6) is -2.69. The van der Waals surface area contributed by atoms with E-state index in [1.807, 2.05) is 0 Å². The maximum Gasteiger partial charge on any atom is 0.432 e. The molecule has 7 heteroatoms. The molecule has 1 saturated carbocycles. The largest absolute Gasteiger partial charge is 0.458 e. The third-order valence-corrected chi connectivity index (χ3v) is 5.43. The van der Waals surface area contributed by atoms with E-state index in [4.69, 9.17) is 9.47 Å². The van der Waals surface area contributed by atoms with Gasteiger partial charge < -0.3 is 9.47 Å². The van der Waals surface area contributed by atoms with Crippen molar-refractivity contribution in [2.75, 3.05) is 7.11 Å². The van der Waals surface area contributed by atoms with Crippen LogP contribution in [0.25, 0.3) is 0 Å². The van der Waals surface area contributed by atoms with Gasteiger partial charge in [-0.1, -0.05) is 55.8 Å². The second kappa shape index (κ2) is 9.57. The van der Waals surface area contributed by atoms with Crippen LogP contribution < -0.4 is 0 Å². The third kappa shape index (κ3) is 4.71. The summed E-state index contributed by atoms with van der Waals surface area (Å²) in [5.41, 5.74) is -3.63. The van der Waals surface area contributed by atoms with E-state index in [0.29, 0.717) is 12.8 Å². The van der Waals surface area contributed by atoms with Crippen LogP contribution in [0.3, 0.4) is 0 Å². The topological polar surface area (TPSA) is 52.6 Å². The standard InChI is InChI=1S/C22H27F3O4/c1-4-10-15(2)19(17-13-8-9-14-18(17)26)29-20(27)21(28-3,22(23,24)25)16-11-6-5-7-12-16/h4-7,10-12,15,17,19H,8-9,13-14H2,1-3H3/b10-4+/t15-,17?,19-,21?/m0/s1. The number of carbonyl (C=O) groups excluding carboxylic acids is 2. The van der Waals surface area contributed by atoms with E-state index in [0.717, 1.165) is 20.0 Å². The summed E-state index contributed by atoms with van der Waals surface area (Å²) in [6, 6.07) is 6.69. The molecule has 0 radical (unpaired) electrons. The Morgan fingerprint density at radius 3 is 2.38 bits per heavy atom. The van der Waals surface area contributed by atoms with E-state index >= 15 is 0 Å². The molecule has 1 aromatic rings. The number of esters is 1. The molecule has 1 aromatic carbocycles. The highest BCUT2D eigenvalue weighted by Crippen LogP contribution is 2.44. The Morgan fingerprint density at radius 2 is 1.86 bits per heavy atom. The summed E-state index contributed by atoms with van der Waals surface area (Å²) >= 11 is 0. The van der Waals surface area contributed by atoms with Gasteiger partial charge in [0, 0.05) is 25.0 Å². The normalized spacial score (nSPS) is 22.1. The highest BCUT2D eigenvalue weighted by molar-refractivity contribution is 5.85. The van der Waals surface area contributed by atoms with Gasteiger partial charge in [-0.2, -0.15) is 13.2 Å². The average Bonchev–Trinajstić information content (AvgIpc) is 2.67.